The molecule has 2 heteroatoms. The molecule has 1 heterocycles. The van der Waals surface area contributed by atoms with Gasteiger partial charge in [0.2, 0.25) is 0 Å². The van der Waals surface area contributed by atoms with Crippen molar-refractivity contribution < 1.29 is 0 Å². The summed E-state index contributed by atoms with van der Waals surface area (Å²) in [7, 11) is 0. The maximum atomic E-state index is 3.85. The van der Waals surface area contributed by atoms with Crippen molar-refractivity contribution in [3.05, 3.63) is 0 Å². The highest BCUT2D eigenvalue weighted by atomic mass is 15.2. The van der Waals surface area contributed by atoms with Gasteiger partial charge < -0.3 is 5.32 Å². The second-order valence-corrected chi connectivity index (χ2v) is 7.29. The maximum absolute atomic E-state index is 3.85. The molecule has 0 radical (unpaired) electrons. The highest BCUT2D eigenvalue weighted by molar-refractivity contribution is 4.91. The Morgan fingerprint density at radius 3 is 2.65 bits per heavy atom. The number of rotatable bonds is 5. The van der Waals surface area contributed by atoms with Crippen LogP contribution >= 0.6 is 0 Å². The van der Waals surface area contributed by atoms with E-state index in [0.717, 1.165) is 23.9 Å². The van der Waals surface area contributed by atoms with Crippen molar-refractivity contribution in [2.45, 2.75) is 84.2 Å². The Labute approximate surface area is 126 Å². The smallest absolute Gasteiger partial charge is 0.0251 e. The van der Waals surface area contributed by atoms with Crippen molar-refractivity contribution in [3.63, 3.8) is 0 Å². The lowest BCUT2D eigenvalue weighted by Gasteiger charge is -2.43. The fraction of sp³-hybridized carbons (Fsp3) is 1.00. The molecule has 1 aliphatic heterocycles. The second kappa shape index (κ2) is 8.38. The Morgan fingerprint density at radius 1 is 1.05 bits per heavy atom. The van der Waals surface area contributed by atoms with Crippen molar-refractivity contribution in [1.29, 1.82) is 0 Å². The SMILES string of the molecule is CCCNC1CCC(CC)CC1N1CCCC(C)CC1. The Balaban J connectivity index is 1.97. The quantitative estimate of drug-likeness (QED) is 0.817. The van der Waals surface area contributed by atoms with Crippen molar-refractivity contribution in [2.24, 2.45) is 11.8 Å². The molecular formula is C18H36N2. The molecule has 4 atom stereocenters. The van der Waals surface area contributed by atoms with E-state index in [4.69, 9.17) is 0 Å². The van der Waals surface area contributed by atoms with Crippen LogP contribution in [0.3, 0.4) is 0 Å². The molecule has 0 bridgehead atoms. The minimum absolute atomic E-state index is 0.756. The highest BCUT2D eigenvalue weighted by Crippen LogP contribution is 2.32. The first kappa shape index (κ1) is 16.3. The number of hydrogen-bond donors (Lipinski definition) is 1. The van der Waals surface area contributed by atoms with Crippen molar-refractivity contribution in [2.75, 3.05) is 19.6 Å². The lowest BCUT2D eigenvalue weighted by Crippen LogP contribution is -2.53. The van der Waals surface area contributed by atoms with E-state index in [1.165, 1.54) is 71.0 Å². The van der Waals surface area contributed by atoms with E-state index in [1.54, 1.807) is 0 Å². The first-order valence-corrected chi connectivity index (χ1v) is 9.22. The van der Waals surface area contributed by atoms with Crippen LogP contribution in [0.15, 0.2) is 0 Å². The number of hydrogen-bond acceptors (Lipinski definition) is 2. The van der Waals surface area contributed by atoms with E-state index < -0.39 is 0 Å². The lowest BCUT2D eigenvalue weighted by atomic mass is 9.80. The van der Waals surface area contributed by atoms with Crippen LogP contribution in [0.5, 0.6) is 0 Å². The topological polar surface area (TPSA) is 15.3 Å². The Kier molecular flexibility index (Phi) is 6.83. The number of likely N-dealkylation sites (tertiary alicyclic amines) is 1. The molecule has 2 rings (SSSR count). The van der Waals surface area contributed by atoms with Crippen LogP contribution in [0.2, 0.25) is 0 Å². The summed E-state index contributed by atoms with van der Waals surface area (Å²) in [5, 5.41) is 3.85. The Hall–Kier alpha value is -0.0800. The summed E-state index contributed by atoms with van der Waals surface area (Å²) in [6, 6.07) is 1.57. The lowest BCUT2D eigenvalue weighted by molar-refractivity contribution is 0.0974. The predicted molar refractivity (Wildman–Crippen MR) is 88.1 cm³/mol. The molecule has 0 aromatic heterocycles. The molecule has 1 N–H and O–H groups in total. The summed E-state index contributed by atoms with van der Waals surface area (Å²) in [5.74, 6) is 1.91. The molecule has 1 aliphatic carbocycles. The molecule has 2 nitrogen and oxygen atoms in total. The van der Waals surface area contributed by atoms with Gasteiger partial charge in [0.15, 0.2) is 0 Å². The van der Waals surface area contributed by atoms with E-state index in [9.17, 15) is 0 Å². The van der Waals surface area contributed by atoms with Gasteiger partial charge in [-0.05, 0) is 76.4 Å². The molecule has 118 valence electrons. The van der Waals surface area contributed by atoms with Gasteiger partial charge in [-0.1, -0.05) is 27.2 Å². The fourth-order valence-electron chi connectivity index (χ4n) is 4.19. The van der Waals surface area contributed by atoms with Gasteiger partial charge in [0.05, 0.1) is 0 Å². The molecule has 0 aromatic rings. The first-order valence-electron chi connectivity index (χ1n) is 9.22. The number of nitrogens with zero attached hydrogens (tertiary/aromatic N) is 1. The van der Waals surface area contributed by atoms with E-state index in [2.05, 4.69) is 31.0 Å². The van der Waals surface area contributed by atoms with Gasteiger partial charge in [-0.2, -0.15) is 0 Å². The maximum Gasteiger partial charge on any atom is 0.0251 e. The van der Waals surface area contributed by atoms with E-state index in [1.807, 2.05) is 0 Å². The van der Waals surface area contributed by atoms with Crippen LogP contribution in [0, 0.1) is 11.8 Å². The average molecular weight is 280 g/mol. The Morgan fingerprint density at radius 2 is 1.90 bits per heavy atom. The number of nitrogens with one attached hydrogen (secondary N) is 1. The molecular weight excluding hydrogens is 244 g/mol. The van der Waals surface area contributed by atoms with Crippen LogP contribution in [0.25, 0.3) is 0 Å². The molecule has 2 fully saturated rings. The first-order chi connectivity index (χ1) is 9.74. The minimum Gasteiger partial charge on any atom is -0.312 e. The van der Waals surface area contributed by atoms with E-state index in [0.29, 0.717) is 0 Å². The zero-order valence-electron chi connectivity index (χ0n) is 14.0. The van der Waals surface area contributed by atoms with Crippen LogP contribution < -0.4 is 5.32 Å². The molecule has 4 unspecified atom stereocenters. The van der Waals surface area contributed by atoms with Gasteiger partial charge in [0, 0.05) is 12.1 Å². The van der Waals surface area contributed by atoms with Gasteiger partial charge in [-0.25, -0.2) is 0 Å². The average Bonchev–Trinajstić information content (AvgIpc) is 2.69. The molecule has 2 aliphatic rings. The summed E-state index contributed by atoms with van der Waals surface area (Å²) < 4.78 is 0. The standard InChI is InChI=1S/C18H36N2/c1-4-11-19-17-9-8-16(5-2)14-18(17)20-12-6-7-15(3)10-13-20/h15-19H,4-14H2,1-3H3. The van der Waals surface area contributed by atoms with Crippen LogP contribution in [0.1, 0.15) is 72.1 Å². The Bertz CT molecular complexity index is 266. The van der Waals surface area contributed by atoms with Gasteiger partial charge in [0.25, 0.3) is 0 Å². The van der Waals surface area contributed by atoms with Crippen LogP contribution in [0.4, 0.5) is 0 Å². The molecule has 0 spiro atoms. The van der Waals surface area contributed by atoms with Crippen molar-refractivity contribution >= 4 is 0 Å². The second-order valence-electron chi connectivity index (χ2n) is 7.29. The monoisotopic (exact) mass is 280 g/mol. The summed E-state index contributed by atoms with van der Waals surface area (Å²) in [4.78, 5) is 2.85. The zero-order chi connectivity index (χ0) is 14.4. The molecule has 20 heavy (non-hydrogen) atoms. The van der Waals surface area contributed by atoms with E-state index >= 15 is 0 Å². The summed E-state index contributed by atoms with van der Waals surface area (Å²) in [6.45, 7) is 11.0. The van der Waals surface area contributed by atoms with E-state index in [-0.39, 0.29) is 0 Å². The summed E-state index contributed by atoms with van der Waals surface area (Å²) >= 11 is 0. The zero-order valence-corrected chi connectivity index (χ0v) is 14.0. The van der Waals surface area contributed by atoms with Gasteiger partial charge in [-0.15, -0.1) is 0 Å². The largest absolute Gasteiger partial charge is 0.312 e. The molecule has 1 saturated heterocycles. The summed E-state index contributed by atoms with van der Waals surface area (Å²) in [6.07, 6.45) is 11.2. The molecule has 1 saturated carbocycles. The minimum atomic E-state index is 0.756. The fourth-order valence-corrected chi connectivity index (χ4v) is 4.19. The highest BCUT2D eigenvalue weighted by Gasteiger charge is 2.33. The van der Waals surface area contributed by atoms with Gasteiger partial charge >= 0.3 is 0 Å². The molecule has 0 aromatic carbocycles. The van der Waals surface area contributed by atoms with Crippen LogP contribution in [-0.2, 0) is 0 Å². The third kappa shape index (κ3) is 4.46. The summed E-state index contributed by atoms with van der Waals surface area (Å²) in [5.41, 5.74) is 0. The van der Waals surface area contributed by atoms with Gasteiger partial charge in [-0.3, -0.25) is 4.90 Å². The molecule has 0 amide bonds. The van der Waals surface area contributed by atoms with Gasteiger partial charge in [0.1, 0.15) is 0 Å². The van der Waals surface area contributed by atoms with Crippen LogP contribution in [-0.4, -0.2) is 36.6 Å². The third-order valence-corrected chi connectivity index (χ3v) is 5.68. The van der Waals surface area contributed by atoms with Crippen molar-refractivity contribution in [1.82, 2.24) is 10.2 Å². The third-order valence-electron chi connectivity index (χ3n) is 5.68. The normalized spacial score (nSPS) is 36.8. The van der Waals surface area contributed by atoms with Crippen molar-refractivity contribution in [3.8, 4) is 0 Å². The predicted octanol–water partition coefficient (Wildman–Crippen LogP) is 4.06.